The zero-order valence-electron chi connectivity index (χ0n) is 11.4. The monoisotopic (exact) mass is 275 g/mol. The van der Waals surface area contributed by atoms with Crippen molar-refractivity contribution in [3.63, 3.8) is 0 Å². The molecule has 0 spiro atoms. The fourth-order valence-electron chi connectivity index (χ4n) is 2.99. The summed E-state index contributed by atoms with van der Waals surface area (Å²) in [7, 11) is 0. The Morgan fingerprint density at radius 1 is 1.55 bits per heavy atom. The molecule has 0 radical (unpaired) electrons. The molecule has 0 aromatic carbocycles. The van der Waals surface area contributed by atoms with Crippen LogP contribution in [0.15, 0.2) is 18.7 Å². The molecular weight excluding hydrogens is 258 g/mol. The Hall–Kier alpha value is -2.18. The van der Waals surface area contributed by atoms with Crippen molar-refractivity contribution >= 4 is 17.4 Å². The SMILES string of the molecule is CCCC1(C(=O)O)CCN(c2nccn3cnnc23)C1. The molecule has 7 heteroatoms. The molecule has 0 saturated carbocycles. The van der Waals surface area contributed by atoms with Crippen molar-refractivity contribution in [3.8, 4) is 0 Å². The number of carboxylic acid groups (broad SMARTS) is 1. The molecule has 7 nitrogen and oxygen atoms in total. The maximum atomic E-state index is 11.6. The van der Waals surface area contributed by atoms with E-state index in [1.807, 2.05) is 11.8 Å². The number of rotatable bonds is 4. The van der Waals surface area contributed by atoms with Gasteiger partial charge in [-0.15, -0.1) is 10.2 Å². The normalized spacial score (nSPS) is 22.6. The van der Waals surface area contributed by atoms with E-state index >= 15 is 0 Å². The van der Waals surface area contributed by atoms with Gasteiger partial charge in [-0.2, -0.15) is 0 Å². The van der Waals surface area contributed by atoms with Crippen molar-refractivity contribution in [1.29, 1.82) is 0 Å². The lowest BCUT2D eigenvalue weighted by Crippen LogP contribution is -2.35. The van der Waals surface area contributed by atoms with E-state index < -0.39 is 11.4 Å². The van der Waals surface area contributed by atoms with Gasteiger partial charge in [-0.3, -0.25) is 9.20 Å². The second-order valence-electron chi connectivity index (χ2n) is 5.32. The second kappa shape index (κ2) is 4.73. The molecule has 1 saturated heterocycles. The van der Waals surface area contributed by atoms with Crippen LogP contribution >= 0.6 is 0 Å². The summed E-state index contributed by atoms with van der Waals surface area (Å²) in [6, 6.07) is 0. The fourth-order valence-corrected chi connectivity index (χ4v) is 2.99. The summed E-state index contributed by atoms with van der Waals surface area (Å²) in [5.41, 5.74) is 0.00806. The Labute approximate surface area is 116 Å². The van der Waals surface area contributed by atoms with Gasteiger partial charge in [0.2, 0.25) is 5.65 Å². The first-order valence-electron chi connectivity index (χ1n) is 6.79. The average Bonchev–Trinajstić information content (AvgIpc) is 3.05. The van der Waals surface area contributed by atoms with Gasteiger partial charge in [0.1, 0.15) is 6.33 Å². The van der Waals surface area contributed by atoms with Crippen LogP contribution in [0.5, 0.6) is 0 Å². The minimum absolute atomic E-state index is 0.482. The van der Waals surface area contributed by atoms with Crippen molar-refractivity contribution in [3.05, 3.63) is 18.7 Å². The van der Waals surface area contributed by atoms with E-state index in [1.54, 1.807) is 23.1 Å². The Balaban J connectivity index is 1.93. The van der Waals surface area contributed by atoms with Crippen LogP contribution in [0.25, 0.3) is 5.65 Å². The molecule has 2 aromatic rings. The van der Waals surface area contributed by atoms with Crippen molar-refractivity contribution in [2.24, 2.45) is 5.41 Å². The third-order valence-electron chi connectivity index (χ3n) is 4.03. The van der Waals surface area contributed by atoms with Crippen molar-refractivity contribution in [2.75, 3.05) is 18.0 Å². The largest absolute Gasteiger partial charge is 0.481 e. The van der Waals surface area contributed by atoms with Crippen LogP contribution in [0.2, 0.25) is 0 Å². The summed E-state index contributed by atoms with van der Waals surface area (Å²) < 4.78 is 1.79. The summed E-state index contributed by atoms with van der Waals surface area (Å²) in [6.07, 6.45) is 7.29. The molecule has 1 aliphatic heterocycles. The number of anilines is 1. The van der Waals surface area contributed by atoms with Crippen LogP contribution in [0.4, 0.5) is 5.82 Å². The fraction of sp³-hybridized carbons (Fsp3) is 0.538. The maximum absolute atomic E-state index is 11.6. The highest BCUT2D eigenvalue weighted by molar-refractivity contribution is 5.77. The molecule has 106 valence electrons. The third-order valence-corrected chi connectivity index (χ3v) is 4.03. The molecule has 1 atom stereocenters. The lowest BCUT2D eigenvalue weighted by molar-refractivity contribution is -0.148. The Morgan fingerprint density at radius 3 is 3.15 bits per heavy atom. The third kappa shape index (κ3) is 1.90. The lowest BCUT2D eigenvalue weighted by atomic mass is 9.83. The highest BCUT2D eigenvalue weighted by Crippen LogP contribution is 2.37. The van der Waals surface area contributed by atoms with E-state index in [0.29, 0.717) is 37.4 Å². The zero-order chi connectivity index (χ0) is 14.2. The number of carboxylic acids is 1. The smallest absolute Gasteiger partial charge is 0.311 e. The van der Waals surface area contributed by atoms with Gasteiger partial charge < -0.3 is 10.0 Å². The van der Waals surface area contributed by atoms with Crippen LogP contribution in [0, 0.1) is 5.41 Å². The van der Waals surface area contributed by atoms with Crippen molar-refractivity contribution in [2.45, 2.75) is 26.2 Å². The van der Waals surface area contributed by atoms with Crippen LogP contribution in [-0.2, 0) is 4.79 Å². The van der Waals surface area contributed by atoms with Gasteiger partial charge in [-0.25, -0.2) is 4.98 Å². The molecule has 3 heterocycles. The van der Waals surface area contributed by atoms with Crippen LogP contribution < -0.4 is 4.90 Å². The summed E-state index contributed by atoms with van der Waals surface area (Å²) in [5, 5.41) is 17.5. The van der Waals surface area contributed by atoms with E-state index in [2.05, 4.69) is 15.2 Å². The number of hydrogen-bond donors (Lipinski definition) is 1. The van der Waals surface area contributed by atoms with E-state index in [4.69, 9.17) is 0 Å². The first-order valence-corrected chi connectivity index (χ1v) is 6.79. The molecule has 2 aromatic heterocycles. The van der Waals surface area contributed by atoms with Gasteiger partial charge in [0.05, 0.1) is 5.41 Å². The molecule has 20 heavy (non-hydrogen) atoms. The molecule has 0 amide bonds. The number of aliphatic carboxylic acids is 1. The summed E-state index contributed by atoms with van der Waals surface area (Å²) >= 11 is 0. The van der Waals surface area contributed by atoms with Gasteiger partial charge in [-0.05, 0) is 12.8 Å². The average molecular weight is 275 g/mol. The predicted molar refractivity (Wildman–Crippen MR) is 72.6 cm³/mol. The lowest BCUT2D eigenvalue weighted by Gasteiger charge is -2.24. The second-order valence-corrected chi connectivity index (χ2v) is 5.32. The van der Waals surface area contributed by atoms with E-state index in [-0.39, 0.29) is 0 Å². The van der Waals surface area contributed by atoms with E-state index in [0.717, 1.165) is 6.42 Å². The molecule has 0 aliphatic carbocycles. The highest BCUT2D eigenvalue weighted by Gasteiger charge is 2.44. The predicted octanol–water partition coefficient (Wildman–Crippen LogP) is 1.21. The number of aromatic nitrogens is 4. The summed E-state index contributed by atoms with van der Waals surface area (Å²) in [4.78, 5) is 18.0. The van der Waals surface area contributed by atoms with Crippen LogP contribution in [0.1, 0.15) is 26.2 Å². The number of carbonyl (C=O) groups is 1. The van der Waals surface area contributed by atoms with Crippen molar-refractivity contribution in [1.82, 2.24) is 19.6 Å². The van der Waals surface area contributed by atoms with Crippen LogP contribution in [-0.4, -0.2) is 43.7 Å². The molecular formula is C13H17N5O2. The zero-order valence-corrected chi connectivity index (χ0v) is 11.4. The molecule has 3 rings (SSSR count). The first-order chi connectivity index (χ1) is 9.66. The topological polar surface area (TPSA) is 83.6 Å². The quantitative estimate of drug-likeness (QED) is 0.902. The Kier molecular flexibility index (Phi) is 3.04. The minimum atomic E-state index is -0.713. The summed E-state index contributed by atoms with van der Waals surface area (Å²) in [5.74, 6) is -0.000466. The molecule has 1 unspecified atom stereocenters. The maximum Gasteiger partial charge on any atom is 0.311 e. The van der Waals surface area contributed by atoms with Gasteiger partial charge in [0.25, 0.3) is 0 Å². The van der Waals surface area contributed by atoms with Gasteiger partial charge in [-0.1, -0.05) is 13.3 Å². The Bertz CT molecular complexity index is 640. The standard InChI is InChI=1S/C13H17N5O2/c1-2-3-13(12(19)20)4-6-17(8-13)10-11-16-15-9-18(11)7-5-14-10/h5,7,9H,2-4,6,8H2,1H3,(H,19,20). The highest BCUT2D eigenvalue weighted by atomic mass is 16.4. The number of nitrogens with zero attached hydrogens (tertiary/aromatic N) is 5. The van der Waals surface area contributed by atoms with E-state index in [1.165, 1.54) is 0 Å². The first kappa shape index (κ1) is 12.8. The van der Waals surface area contributed by atoms with Crippen LogP contribution in [0.3, 0.4) is 0 Å². The minimum Gasteiger partial charge on any atom is -0.481 e. The summed E-state index contributed by atoms with van der Waals surface area (Å²) in [6.45, 7) is 3.19. The molecule has 1 fully saturated rings. The van der Waals surface area contributed by atoms with E-state index in [9.17, 15) is 9.90 Å². The number of hydrogen-bond acceptors (Lipinski definition) is 5. The Morgan fingerprint density at radius 2 is 2.40 bits per heavy atom. The van der Waals surface area contributed by atoms with Gasteiger partial charge >= 0.3 is 5.97 Å². The molecule has 0 bridgehead atoms. The molecule has 1 aliphatic rings. The number of fused-ring (bicyclic) bond motifs is 1. The van der Waals surface area contributed by atoms with Crippen molar-refractivity contribution < 1.29 is 9.90 Å². The van der Waals surface area contributed by atoms with Gasteiger partial charge in [0, 0.05) is 25.5 Å². The molecule has 1 N–H and O–H groups in total. The van der Waals surface area contributed by atoms with Gasteiger partial charge in [0.15, 0.2) is 5.82 Å².